The van der Waals surface area contributed by atoms with Crippen LogP contribution in [0.15, 0.2) is 18.2 Å². The monoisotopic (exact) mass is 262 g/mol. The summed E-state index contributed by atoms with van der Waals surface area (Å²) in [7, 11) is 0. The first-order chi connectivity index (χ1) is 9.13. The summed E-state index contributed by atoms with van der Waals surface area (Å²) in [5.74, 6) is 0. The van der Waals surface area contributed by atoms with Gasteiger partial charge < -0.3 is 15.1 Å². The summed E-state index contributed by atoms with van der Waals surface area (Å²) in [6.45, 7) is 5.19. The van der Waals surface area contributed by atoms with Gasteiger partial charge in [-0.15, -0.1) is 0 Å². The first-order valence-electron chi connectivity index (χ1n) is 6.72. The Morgan fingerprint density at radius 2 is 2.11 bits per heavy atom. The van der Waals surface area contributed by atoms with Crippen LogP contribution in [0.5, 0.6) is 0 Å². The highest BCUT2D eigenvalue weighted by Crippen LogP contribution is 2.27. The number of rotatable bonds is 7. The number of nitrogens with zero attached hydrogens (tertiary/aromatic N) is 2. The molecule has 0 bridgehead atoms. The lowest BCUT2D eigenvalue weighted by molar-refractivity contribution is 0.199. The lowest BCUT2D eigenvalue weighted by atomic mass is 10.0. The van der Waals surface area contributed by atoms with Gasteiger partial charge in [-0.3, -0.25) is 0 Å². The van der Waals surface area contributed by atoms with Crippen LogP contribution in [0, 0.1) is 11.3 Å². The van der Waals surface area contributed by atoms with Crippen LogP contribution in [0.4, 0.5) is 5.69 Å². The Hall–Kier alpha value is -1.57. The molecule has 0 aliphatic carbocycles. The number of hydrogen-bond donors (Lipinski definition) is 2. The number of benzene rings is 1. The number of hydrogen-bond acceptors (Lipinski definition) is 4. The van der Waals surface area contributed by atoms with Crippen molar-refractivity contribution >= 4 is 5.69 Å². The molecule has 0 amide bonds. The molecule has 0 saturated carbocycles. The molecule has 1 atom stereocenters. The predicted octanol–water partition coefficient (Wildman–Crippen LogP) is 2.21. The van der Waals surface area contributed by atoms with Crippen molar-refractivity contribution in [2.24, 2.45) is 0 Å². The van der Waals surface area contributed by atoms with E-state index in [0.717, 1.165) is 30.6 Å². The molecule has 0 fully saturated rings. The minimum absolute atomic E-state index is 0.0553. The standard InChI is InChI=1S/C15H22N2O2/c1-3-4-7-17(8-9-18)15-10-13(11-16)5-6-14(15)12(2)19/h5-6,10,12,18-19H,3-4,7-9H2,1-2H3/t12-/m1/s1. The minimum atomic E-state index is -0.592. The maximum absolute atomic E-state index is 9.84. The molecule has 1 aromatic rings. The molecule has 0 aliphatic rings. The molecule has 0 unspecified atom stereocenters. The second-order valence-corrected chi connectivity index (χ2v) is 4.63. The molecule has 2 N–H and O–H groups in total. The van der Waals surface area contributed by atoms with Crippen LogP contribution >= 0.6 is 0 Å². The van der Waals surface area contributed by atoms with Crippen LogP contribution in [0.2, 0.25) is 0 Å². The Bertz CT molecular complexity index is 438. The van der Waals surface area contributed by atoms with Crippen molar-refractivity contribution in [3.8, 4) is 6.07 Å². The van der Waals surface area contributed by atoms with E-state index in [1.165, 1.54) is 0 Å². The third-order valence-electron chi connectivity index (χ3n) is 3.10. The minimum Gasteiger partial charge on any atom is -0.395 e. The predicted molar refractivity (Wildman–Crippen MR) is 76.0 cm³/mol. The van der Waals surface area contributed by atoms with Gasteiger partial charge in [0.05, 0.1) is 24.3 Å². The second-order valence-electron chi connectivity index (χ2n) is 4.63. The Morgan fingerprint density at radius 3 is 2.63 bits per heavy atom. The molecule has 0 aromatic heterocycles. The summed E-state index contributed by atoms with van der Waals surface area (Å²) in [5.41, 5.74) is 2.21. The highest BCUT2D eigenvalue weighted by molar-refractivity contribution is 5.58. The number of nitriles is 1. The van der Waals surface area contributed by atoms with Crippen molar-refractivity contribution in [2.45, 2.75) is 32.8 Å². The maximum atomic E-state index is 9.84. The summed E-state index contributed by atoms with van der Waals surface area (Å²) in [6, 6.07) is 7.40. The lowest BCUT2D eigenvalue weighted by Crippen LogP contribution is -2.29. The van der Waals surface area contributed by atoms with Crippen LogP contribution in [0.1, 0.15) is 43.9 Å². The fourth-order valence-corrected chi connectivity index (χ4v) is 2.06. The highest BCUT2D eigenvalue weighted by atomic mass is 16.3. The van der Waals surface area contributed by atoms with Crippen LogP contribution < -0.4 is 4.90 Å². The first kappa shape index (κ1) is 15.5. The molecule has 0 radical (unpaired) electrons. The third-order valence-corrected chi connectivity index (χ3v) is 3.10. The van der Waals surface area contributed by atoms with E-state index in [2.05, 4.69) is 13.0 Å². The molecular weight excluding hydrogens is 240 g/mol. The molecule has 0 saturated heterocycles. The average molecular weight is 262 g/mol. The zero-order chi connectivity index (χ0) is 14.3. The van der Waals surface area contributed by atoms with Crippen LogP contribution in [0.3, 0.4) is 0 Å². The van der Waals surface area contributed by atoms with Gasteiger partial charge in [-0.05, 0) is 25.5 Å². The fraction of sp³-hybridized carbons (Fsp3) is 0.533. The molecular formula is C15H22N2O2. The summed E-state index contributed by atoms with van der Waals surface area (Å²) in [4.78, 5) is 2.03. The van der Waals surface area contributed by atoms with Gasteiger partial charge in [0.1, 0.15) is 0 Å². The summed E-state index contributed by atoms with van der Waals surface area (Å²) >= 11 is 0. The SMILES string of the molecule is CCCCN(CCO)c1cc(C#N)ccc1[C@@H](C)O. The van der Waals surface area contributed by atoms with E-state index in [-0.39, 0.29) is 6.61 Å². The molecule has 0 spiro atoms. The molecule has 104 valence electrons. The highest BCUT2D eigenvalue weighted by Gasteiger charge is 2.14. The van der Waals surface area contributed by atoms with Crippen LogP contribution in [-0.2, 0) is 0 Å². The van der Waals surface area contributed by atoms with Crippen molar-refractivity contribution in [1.29, 1.82) is 5.26 Å². The summed E-state index contributed by atoms with van der Waals surface area (Å²) in [5, 5.41) is 28.0. The van der Waals surface area contributed by atoms with E-state index >= 15 is 0 Å². The second kappa shape index (κ2) is 7.78. The first-order valence-corrected chi connectivity index (χ1v) is 6.72. The molecule has 4 nitrogen and oxygen atoms in total. The van der Waals surface area contributed by atoms with E-state index in [9.17, 15) is 10.2 Å². The summed E-state index contributed by atoms with van der Waals surface area (Å²) < 4.78 is 0. The van der Waals surface area contributed by atoms with Gasteiger partial charge in [0.2, 0.25) is 0 Å². The lowest BCUT2D eigenvalue weighted by Gasteiger charge is -2.27. The van der Waals surface area contributed by atoms with Crippen molar-refractivity contribution in [1.82, 2.24) is 0 Å². The van der Waals surface area contributed by atoms with Crippen LogP contribution in [-0.4, -0.2) is 29.9 Å². The van der Waals surface area contributed by atoms with Gasteiger partial charge >= 0.3 is 0 Å². The molecule has 1 rings (SSSR count). The summed E-state index contributed by atoms with van der Waals surface area (Å²) in [6.07, 6.45) is 1.48. The van der Waals surface area contributed by atoms with E-state index < -0.39 is 6.10 Å². The Balaban J connectivity index is 3.13. The number of aliphatic hydroxyl groups is 2. The van der Waals surface area contributed by atoms with E-state index in [4.69, 9.17) is 5.26 Å². The molecule has 1 aromatic carbocycles. The van der Waals surface area contributed by atoms with Crippen molar-refractivity contribution < 1.29 is 10.2 Å². The Kier molecular flexibility index (Phi) is 6.34. The average Bonchev–Trinajstić information content (AvgIpc) is 2.42. The quantitative estimate of drug-likeness (QED) is 0.790. The van der Waals surface area contributed by atoms with Gasteiger partial charge in [0.25, 0.3) is 0 Å². The van der Waals surface area contributed by atoms with E-state index in [1.54, 1.807) is 25.1 Å². The van der Waals surface area contributed by atoms with Gasteiger partial charge in [0.15, 0.2) is 0 Å². The molecule has 0 aliphatic heterocycles. The number of unbranched alkanes of at least 4 members (excludes halogenated alkanes) is 1. The fourth-order valence-electron chi connectivity index (χ4n) is 2.06. The van der Waals surface area contributed by atoms with Gasteiger partial charge in [-0.25, -0.2) is 0 Å². The van der Waals surface area contributed by atoms with Gasteiger partial charge in [0, 0.05) is 24.3 Å². The number of anilines is 1. The molecule has 4 heteroatoms. The Labute approximate surface area is 114 Å². The van der Waals surface area contributed by atoms with Gasteiger partial charge in [-0.2, -0.15) is 5.26 Å². The van der Waals surface area contributed by atoms with Crippen molar-refractivity contribution in [3.63, 3.8) is 0 Å². The van der Waals surface area contributed by atoms with Gasteiger partial charge in [-0.1, -0.05) is 19.4 Å². The number of aliphatic hydroxyl groups excluding tert-OH is 2. The van der Waals surface area contributed by atoms with E-state index in [1.807, 2.05) is 4.90 Å². The van der Waals surface area contributed by atoms with Crippen molar-refractivity contribution in [2.75, 3.05) is 24.6 Å². The topological polar surface area (TPSA) is 67.5 Å². The maximum Gasteiger partial charge on any atom is 0.0992 e. The zero-order valence-corrected chi connectivity index (χ0v) is 11.6. The van der Waals surface area contributed by atoms with E-state index in [0.29, 0.717) is 12.1 Å². The largest absolute Gasteiger partial charge is 0.395 e. The normalized spacial score (nSPS) is 11.9. The van der Waals surface area contributed by atoms with Crippen molar-refractivity contribution in [3.05, 3.63) is 29.3 Å². The third kappa shape index (κ3) is 4.23. The smallest absolute Gasteiger partial charge is 0.0992 e. The van der Waals surface area contributed by atoms with Crippen LogP contribution in [0.25, 0.3) is 0 Å². The molecule has 19 heavy (non-hydrogen) atoms. The molecule has 0 heterocycles. The zero-order valence-electron chi connectivity index (χ0n) is 11.6. The Morgan fingerprint density at radius 1 is 1.37 bits per heavy atom.